The van der Waals surface area contributed by atoms with Crippen LogP contribution in [0.5, 0.6) is 0 Å². The van der Waals surface area contributed by atoms with E-state index >= 15 is 0 Å². The standard InChI is InChI=1S/C21H30N2O3S/c1-23(18-12-6-3-7-13-18)21(27)22-19(24)14-15-20(25)26-16-8-11-17-9-4-2-5-10-17/h2,4-5,9-10,18H,3,6-8,11-16H2,1H3,(H,22,24,27). The number of ether oxygens (including phenoxy) is 1. The molecule has 0 aliphatic heterocycles. The van der Waals surface area contributed by atoms with Crippen LogP contribution in [0.3, 0.4) is 0 Å². The Hall–Kier alpha value is -1.95. The first-order valence-corrected chi connectivity index (χ1v) is 10.2. The lowest BCUT2D eigenvalue weighted by Gasteiger charge is -2.32. The molecule has 1 aromatic rings. The van der Waals surface area contributed by atoms with E-state index in [4.69, 9.17) is 17.0 Å². The van der Waals surface area contributed by atoms with Gasteiger partial charge in [-0.2, -0.15) is 0 Å². The molecule has 0 spiro atoms. The summed E-state index contributed by atoms with van der Waals surface area (Å²) in [6.45, 7) is 0.373. The van der Waals surface area contributed by atoms with Gasteiger partial charge in [-0.3, -0.25) is 9.59 Å². The molecule has 0 radical (unpaired) electrons. The van der Waals surface area contributed by atoms with Gasteiger partial charge in [0.1, 0.15) is 0 Å². The van der Waals surface area contributed by atoms with Crippen LogP contribution in [0.2, 0.25) is 0 Å². The summed E-state index contributed by atoms with van der Waals surface area (Å²) in [6.07, 6.45) is 7.74. The Bertz CT molecular complexity index is 615. The molecule has 1 fully saturated rings. The highest BCUT2D eigenvalue weighted by molar-refractivity contribution is 7.80. The zero-order valence-corrected chi connectivity index (χ0v) is 16.9. The summed E-state index contributed by atoms with van der Waals surface area (Å²) < 4.78 is 5.20. The van der Waals surface area contributed by atoms with Crippen molar-refractivity contribution in [2.24, 2.45) is 0 Å². The summed E-state index contributed by atoms with van der Waals surface area (Å²) in [4.78, 5) is 25.8. The summed E-state index contributed by atoms with van der Waals surface area (Å²) in [7, 11) is 1.93. The van der Waals surface area contributed by atoms with Crippen LogP contribution in [-0.2, 0) is 20.7 Å². The molecule has 0 heterocycles. The van der Waals surface area contributed by atoms with Gasteiger partial charge in [-0.05, 0) is 43.5 Å². The molecule has 0 atom stereocenters. The predicted molar refractivity (Wildman–Crippen MR) is 110 cm³/mol. The van der Waals surface area contributed by atoms with Gasteiger partial charge >= 0.3 is 5.97 Å². The SMILES string of the molecule is CN(C(=S)NC(=O)CCC(=O)OCCCc1ccccc1)C1CCCCC1. The lowest BCUT2D eigenvalue weighted by atomic mass is 9.95. The average Bonchev–Trinajstić information content (AvgIpc) is 2.70. The number of carbonyl (C=O) groups is 2. The van der Waals surface area contributed by atoms with Crippen molar-refractivity contribution in [2.45, 2.75) is 63.8 Å². The highest BCUT2D eigenvalue weighted by atomic mass is 32.1. The fourth-order valence-electron chi connectivity index (χ4n) is 3.30. The highest BCUT2D eigenvalue weighted by Gasteiger charge is 2.21. The zero-order valence-electron chi connectivity index (χ0n) is 16.1. The number of carbonyl (C=O) groups excluding carboxylic acids is 2. The Kier molecular flexibility index (Phi) is 9.25. The van der Waals surface area contributed by atoms with E-state index < -0.39 is 0 Å². The van der Waals surface area contributed by atoms with Crippen LogP contribution < -0.4 is 5.32 Å². The molecular weight excluding hydrogens is 360 g/mol. The van der Waals surface area contributed by atoms with E-state index in [1.807, 2.05) is 30.1 Å². The summed E-state index contributed by atoms with van der Waals surface area (Å²) in [5, 5.41) is 3.18. The number of nitrogens with one attached hydrogen (secondary N) is 1. The molecule has 1 aromatic carbocycles. The topological polar surface area (TPSA) is 58.6 Å². The normalized spacial score (nSPS) is 14.4. The second-order valence-electron chi connectivity index (χ2n) is 7.07. The number of nitrogens with zero attached hydrogens (tertiary/aromatic N) is 1. The van der Waals surface area contributed by atoms with Crippen molar-refractivity contribution < 1.29 is 14.3 Å². The minimum atomic E-state index is -0.343. The number of rotatable bonds is 8. The van der Waals surface area contributed by atoms with Crippen LogP contribution in [0.1, 0.15) is 56.9 Å². The Labute approximate surface area is 167 Å². The number of hydrogen-bond acceptors (Lipinski definition) is 4. The van der Waals surface area contributed by atoms with Crippen LogP contribution in [-0.4, -0.2) is 41.6 Å². The third-order valence-corrected chi connectivity index (χ3v) is 5.35. The number of amides is 1. The maximum atomic E-state index is 12.0. The second kappa shape index (κ2) is 11.7. The van der Waals surface area contributed by atoms with Gasteiger partial charge in [0.15, 0.2) is 5.11 Å². The highest BCUT2D eigenvalue weighted by Crippen LogP contribution is 2.21. The number of aryl methyl sites for hydroxylation is 1. The number of thiocarbonyl (C=S) groups is 1. The maximum absolute atomic E-state index is 12.0. The molecule has 0 unspecified atom stereocenters. The van der Waals surface area contributed by atoms with Crippen molar-refractivity contribution in [3.8, 4) is 0 Å². The molecule has 1 aliphatic rings. The number of benzene rings is 1. The first-order chi connectivity index (χ1) is 13.1. The molecule has 0 bridgehead atoms. The molecule has 148 valence electrons. The summed E-state index contributed by atoms with van der Waals surface area (Å²) in [6, 6.07) is 10.5. The third-order valence-electron chi connectivity index (χ3n) is 4.96. The Balaban J connectivity index is 1.57. The molecule has 1 aliphatic carbocycles. The van der Waals surface area contributed by atoms with Gasteiger partial charge in [0.05, 0.1) is 13.0 Å². The van der Waals surface area contributed by atoms with E-state index in [1.54, 1.807) is 0 Å². The Morgan fingerprint density at radius 3 is 2.56 bits per heavy atom. The van der Waals surface area contributed by atoms with E-state index in [0.29, 0.717) is 17.8 Å². The lowest BCUT2D eigenvalue weighted by Crippen LogP contribution is -2.46. The molecule has 5 nitrogen and oxygen atoms in total. The summed E-state index contributed by atoms with van der Waals surface area (Å²) in [5.41, 5.74) is 1.23. The van der Waals surface area contributed by atoms with Gasteiger partial charge in [-0.25, -0.2) is 0 Å². The fourth-order valence-corrected chi connectivity index (χ4v) is 3.56. The number of esters is 1. The minimum Gasteiger partial charge on any atom is -0.466 e. The third kappa shape index (κ3) is 8.08. The summed E-state index contributed by atoms with van der Waals surface area (Å²) in [5.74, 6) is -0.575. The van der Waals surface area contributed by atoms with E-state index in [2.05, 4.69) is 17.4 Å². The molecule has 2 rings (SSSR count). The predicted octanol–water partition coefficient (Wildman–Crippen LogP) is 3.61. The van der Waals surface area contributed by atoms with Gasteiger partial charge in [0, 0.05) is 19.5 Å². The van der Waals surface area contributed by atoms with Crippen molar-refractivity contribution >= 4 is 29.2 Å². The van der Waals surface area contributed by atoms with E-state index in [-0.39, 0.29) is 24.7 Å². The van der Waals surface area contributed by atoms with Crippen LogP contribution in [0.4, 0.5) is 0 Å². The maximum Gasteiger partial charge on any atom is 0.306 e. The van der Waals surface area contributed by atoms with E-state index in [9.17, 15) is 9.59 Å². The molecule has 0 saturated heterocycles. The minimum absolute atomic E-state index is 0.0763. The van der Waals surface area contributed by atoms with Crippen LogP contribution in [0, 0.1) is 0 Å². The second-order valence-corrected chi connectivity index (χ2v) is 7.45. The zero-order chi connectivity index (χ0) is 19.5. The van der Waals surface area contributed by atoms with Crippen molar-refractivity contribution in [3.63, 3.8) is 0 Å². The molecule has 6 heteroatoms. The summed E-state index contributed by atoms with van der Waals surface area (Å²) >= 11 is 5.32. The molecule has 1 amide bonds. The van der Waals surface area contributed by atoms with Gasteiger partial charge in [0.25, 0.3) is 0 Å². The van der Waals surface area contributed by atoms with Crippen molar-refractivity contribution in [2.75, 3.05) is 13.7 Å². The largest absolute Gasteiger partial charge is 0.466 e. The molecule has 27 heavy (non-hydrogen) atoms. The Morgan fingerprint density at radius 2 is 1.85 bits per heavy atom. The van der Waals surface area contributed by atoms with Crippen molar-refractivity contribution in [3.05, 3.63) is 35.9 Å². The number of hydrogen-bond donors (Lipinski definition) is 1. The van der Waals surface area contributed by atoms with Gasteiger partial charge in [-0.15, -0.1) is 0 Å². The van der Waals surface area contributed by atoms with E-state index in [1.165, 1.54) is 24.8 Å². The smallest absolute Gasteiger partial charge is 0.306 e. The van der Waals surface area contributed by atoms with E-state index in [0.717, 1.165) is 25.7 Å². The van der Waals surface area contributed by atoms with Gasteiger partial charge in [0.2, 0.25) is 5.91 Å². The monoisotopic (exact) mass is 390 g/mol. The Morgan fingerprint density at radius 1 is 1.15 bits per heavy atom. The van der Waals surface area contributed by atoms with Gasteiger partial charge < -0.3 is 15.0 Å². The van der Waals surface area contributed by atoms with Crippen molar-refractivity contribution in [1.82, 2.24) is 10.2 Å². The molecule has 1 saturated carbocycles. The van der Waals surface area contributed by atoms with Crippen LogP contribution in [0.25, 0.3) is 0 Å². The quantitative estimate of drug-likeness (QED) is 0.417. The first kappa shape index (κ1) is 21.4. The average molecular weight is 391 g/mol. The van der Waals surface area contributed by atoms with Crippen LogP contribution >= 0.6 is 12.2 Å². The van der Waals surface area contributed by atoms with Gasteiger partial charge in [-0.1, -0.05) is 49.6 Å². The fraction of sp³-hybridized carbons (Fsp3) is 0.571. The molecule has 1 N–H and O–H groups in total. The van der Waals surface area contributed by atoms with Crippen molar-refractivity contribution in [1.29, 1.82) is 0 Å². The molecular formula is C21H30N2O3S. The first-order valence-electron chi connectivity index (χ1n) is 9.82. The lowest BCUT2D eigenvalue weighted by molar-refractivity contribution is -0.145. The van der Waals surface area contributed by atoms with Crippen LogP contribution in [0.15, 0.2) is 30.3 Å². The molecule has 0 aromatic heterocycles.